The van der Waals surface area contributed by atoms with Crippen molar-refractivity contribution in [1.82, 2.24) is 4.90 Å². The Morgan fingerprint density at radius 2 is 2.07 bits per heavy atom. The van der Waals surface area contributed by atoms with Crippen molar-refractivity contribution in [3.8, 4) is 0 Å². The minimum absolute atomic E-state index is 0.111. The summed E-state index contributed by atoms with van der Waals surface area (Å²) in [6.45, 7) is 2.77. The number of nitrogens with zero attached hydrogens (tertiary/aromatic N) is 1. The molecule has 0 aromatic heterocycles. The number of hydrogen-bond acceptors (Lipinski definition) is 2. The molecule has 4 heteroatoms. The van der Waals surface area contributed by atoms with Gasteiger partial charge < -0.3 is 5.11 Å². The van der Waals surface area contributed by atoms with Gasteiger partial charge in [0.2, 0.25) is 0 Å². The van der Waals surface area contributed by atoms with Crippen LogP contribution < -0.4 is 0 Å². The maximum Gasteiger partial charge on any atom is 0.0584 e. The van der Waals surface area contributed by atoms with Gasteiger partial charge in [-0.2, -0.15) is 0 Å². The van der Waals surface area contributed by atoms with Gasteiger partial charge in [0.25, 0.3) is 0 Å². The smallest absolute Gasteiger partial charge is 0.0584 e. The van der Waals surface area contributed by atoms with E-state index in [1.165, 1.54) is 0 Å². The first-order chi connectivity index (χ1) is 7.04. The molecule has 1 N–H and O–H groups in total. The first-order valence-electron chi connectivity index (χ1n) is 4.79. The van der Waals surface area contributed by atoms with Crippen LogP contribution in [0.5, 0.6) is 0 Å². The second kappa shape index (κ2) is 5.71. The predicted octanol–water partition coefficient (Wildman–Crippen LogP) is 2.81. The molecule has 0 aliphatic rings. The molecule has 0 fully saturated rings. The molecule has 1 aromatic carbocycles. The molecule has 2 nitrogen and oxygen atoms in total. The number of benzene rings is 1. The summed E-state index contributed by atoms with van der Waals surface area (Å²) in [5, 5.41) is 10.4. The van der Waals surface area contributed by atoms with Gasteiger partial charge in [0.15, 0.2) is 0 Å². The van der Waals surface area contributed by atoms with Gasteiger partial charge >= 0.3 is 0 Å². The van der Waals surface area contributed by atoms with Crippen molar-refractivity contribution in [2.24, 2.45) is 0 Å². The average Bonchev–Trinajstić information content (AvgIpc) is 2.22. The zero-order valence-corrected chi connectivity index (χ0v) is 10.4. The molecule has 1 unspecified atom stereocenters. The highest BCUT2D eigenvalue weighted by atomic mass is 35.5. The summed E-state index contributed by atoms with van der Waals surface area (Å²) in [5.74, 6) is 0. The molecule has 0 bridgehead atoms. The van der Waals surface area contributed by atoms with Gasteiger partial charge in [-0.05, 0) is 37.7 Å². The molecule has 0 aliphatic carbocycles. The van der Waals surface area contributed by atoms with Crippen molar-refractivity contribution < 1.29 is 5.11 Å². The van der Waals surface area contributed by atoms with Crippen molar-refractivity contribution in [3.05, 3.63) is 33.8 Å². The van der Waals surface area contributed by atoms with Gasteiger partial charge in [-0.15, -0.1) is 0 Å². The van der Waals surface area contributed by atoms with E-state index >= 15 is 0 Å². The van der Waals surface area contributed by atoms with Crippen LogP contribution in [0, 0.1) is 0 Å². The zero-order chi connectivity index (χ0) is 11.4. The molecule has 1 atom stereocenters. The van der Waals surface area contributed by atoms with Crippen LogP contribution in [0.25, 0.3) is 0 Å². The average molecular weight is 248 g/mol. The summed E-state index contributed by atoms with van der Waals surface area (Å²) in [6, 6.07) is 5.52. The van der Waals surface area contributed by atoms with Gasteiger partial charge in [-0.1, -0.05) is 23.2 Å². The lowest BCUT2D eigenvalue weighted by atomic mass is 10.2. The maximum atomic E-state index is 9.01. The molecule has 0 spiro atoms. The van der Waals surface area contributed by atoms with Gasteiger partial charge in [0, 0.05) is 22.6 Å². The van der Waals surface area contributed by atoms with Crippen LogP contribution in [0.4, 0.5) is 0 Å². The lowest BCUT2D eigenvalue weighted by Gasteiger charge is -2.23. The van der Waals surface area contributed by atoms with E-state index in [4.69, 9.17) is 28.3 Å². The molecular formula is C11H15Cl2NO. The van der Waals surface area contributed by atoms with Crippen LogP contribution in [0.15, 0.2) is 18.2 Å². The van der Waals surface area contributed by atoms with E-state index in [0.29, 0.717) is 16.6 Å². The quantitative estimate of drug-likeness (QED) is 0.885. The van der Waals surface area contributed by atoms with Crippen LogP contribution in [0.2, 0.25) is 10.0 Å². The van der Waals surface area contributed by atoms with Gasteiger partial charge in [-0.3, -0.25) is 4.90 Å². The molecule has 15 heavy (non-hydrogen) atoms. The third kappa shape index (κ3) is 3.65. The molecule has 0 heterocycles. The van der Waals surface area contributed by atoms with E-state index in [2.05, 4.69) is 0 Å². The van der Waals surface area contributed by atoms with Crippen LogP contribution in [0.3, 0.4) is 0 Å². The lowest BCUT2D eigenvalue weighted by molar-refractivity contribution is 0.154. The Hall–Kier alpha value is -0.280. The van der Waals surface area contributed by atoms with E-state index in [1.807, 2.05) is 24.9 Å². The monoisotopic (exact) mass is 247 g/mol. The van der Waals surface area contributed by atoms with Crippen LogP contribution >= 0.6 is 23.2 Å². The minimum atomic E-state index is 0.111. The second-order valence-corrected chi connectivity index (χ2v) is 4.53. The van der Waals surface area contributed by atoms with E-state index in [-0.39, 0.29) is 12.6 Å². The highest BCUT2D eigenvalue weighted by Gasteiger charge is 2.10. The van der Waals surface area contributed by atoms with Crippen LogP contribution in [0.1, 0.15) is 12.5 Å². The number of likely N-dealkylation sites (N-methyl/N-ethyl adjacent to an activating group) is 1. The van der Waals surface area contributed by atoms with E-state index in [1.54, 1.807) is 12.1 Å². The van der Waals surface area contributed by atoms with Gasteiger partial charge in [0.1, 0.15) is 0 Å². The lowest BCUT2D eigenvalue weighted by Crippen LogP contribution is -2.31. The maximum absolute atomic E-state index is 9.01. The number of hydrogen-bond donors (Lipinski definition) is 1. The van der Waals surface area contributed by atoms with Crippen molar-refractivity contribution in [2.45, 2.75) is 19.5 Å². The minimum Gasteiger partial charge on any atom is -0.395 e. The SMILES string of the molecule is CC(CO)N(C)Cc1cc(Cl)ccc1Cl. The summed E-state index contributed by atoms with van der Waals surface area (Å²) in [4.78, 5) is 2.03. The number of aliphatic hydroxyl groups is 1. The molecule has 1 aromatic rings. The first-order valence-corrected chi connectivity index (χ1v) is 5.55. The molecule has 0 saturated carbocycles. The standard InChI is InChI=1S/C11H15Cl2NO/c1-8(7-15)14(2)6-9-5-10(12)3-4-11(9)13/h3-5,8,15H,6-7H2,1-2H3. The predicted molar refractivity (Wildman–Crippen MR) is 64.5 cm³/mol. The number of halogens is 2. The van der Waals surface area contributed by atoms with E-state index in [0.717, 1.165) is 5.56 Å². The van der Waals surface area contributed by atoms with Crippen molar-refractivity contribution >= 4 is 23.2 Å². The van der Waals surface area contributed by atoms with Crippen molar-refractivity contribution in [3.63, 3.8) is 0 Å². The van der Waals surface area contributed by atoms with E-state index < -0.39 is 0 Å². The fourth-order valence-corrected chi connectivity index (χ4v) is 1.60. The number of rotatable bonds is 4. The third-order valence-electron chi connectivity index (χ3n) is 2.44. The Morgan fingerprint density at radius 1 is 1.40 bits per heavy atom. The highest BCUT2D eigenvalue weighted by molar-refractivity contribution is 6.33. The third-order valence-corrected chi connectivity index (χ3v) is 3.05. The van der Waals surface area contributed by atoms with Crippen molar-refractivity contribution in [1.29, 1.82) is 0 Å². The Kier molecular flexibility index (Phi) is 4.87. The molecule has 84 valence electrons. The Bertz CT molecular complexity index is 330. The summed E-state index contributed by atoms with van der Waals surface area (Å²) >= 11 is 11.9. The summed E-state index contributed by atoms with van der Waals surface area (Å²) in [7, 11) is 1.94. The Balaban J connectivity index is 2.75. The second-order valence-electron chi connectivity index (χ2n) is 3.68. The zero-order valence-electron chi connectivity index (χ0n) is 8.87. The van der Waals surface area contributed by atoms with E-state index in [9.17, 15) is 0 Å². The molecule has 0 aliphatic heterocycles. The molecule has 0 radical (unpaired) electrons. The van der Waals surface area contributed by atoms with Gasteiger partial charge in [-0.25, -0.2) is 0 Å². The normalized spacial score (nSPS) is 13.2. The summed E-state index contributed by atoms with van der Waals surface area (Å²) in [5.41, 5.74) is 0.979. The highest BCUT2D eigenvalue weighted by Crippen LogP contribution is 2.22. The first kappa shape index (κ1) is 12.8. The number of aliphatic hydroxyl groups excluding tert-OH is 1. The largest absolute Gasteiger partial charge is 0.395 e. The summed E-state index contributed by atoms with van der Waals surface area (Å²) in [6.07, 6.45) is 0. The molecule has 1 rings (SSSR count). The fourth-order valence-electron chi connectivity index (χ4n) is 1.23. The van der Waals surface area contributed by atoms with Gasteiger partial charge in [0.05, 0.1) is 6.61 Å². The Morgan fingerprint density at radius 3 is 2.67 bits per heavy atom. The topological polar surface area (TPSA) is 23.5 Å². The molecule has 0 amide bonds. The Labute approximate surface area is 100 Å². The van der Waals surface area contributed by atoms with Crippen LogP contribution in [-0.4, -0.2) is 29.7 Å². The fraction of sp³-hybridized carbons (Fsp3) is 0.455. The molecule has 0 saturated heterocycles. The summed E-state index contributed by atoms with van der Waals surface area (Å²) < 4.78 is 0. The van der Waals surface area contributed by atoms with Crippen LogP contribution in [-0.2, 0) is 6.54 Å². The molecular weight excluding hydrogens is 233 g/mol. The van der Waals surface area contributed by atoms with Crippen molar-refractivity contribution in [2.75, 3.05) is 13.7 Å².